The number of hydrogen-bond donors (Lipinski definition) is 0. The molecule has 0 fully saturated rings. The van der Waals surface area contributed by atoms with E-state index in [1.165, 1.54) is 49.0 Å². The lowest BCUT2D eigenvalue weighted by Crippen LogP contribution is -2.43. The number of carbonyl (C=O) groups is 2. The molecule has 2 aromatic rings. The van der Waals surface area contributed by atoms with Crippen LogP contribution in [0.15, 0.2) is 86.0 Å². The van der Waals surface area contributed by atoms with Crippen molar-refractivity contribution in [2.45, 2.75) is 24.9 Å². The average molecular weight is 577 g/mol. The van der Waals surface area contributed by atoms with Crippen LogP contribution >= 0.6 is 15.0 Å². The van der Waals surface area contributed by atoms with Gasteiger partial charge in [0.15, 0.2) is 0 Å². The number of ether oxygens (including phenoxy) is 2. The molecule has 0 unspecified atom stereocenters. The van der Waals surface area contributed by atoms with Gasteiger partial charge in [-0.05, 0) is 24.0 Å². The molecule has 0 aliphatic rings. The van der Waals surface area contributed by atoms with Crippen molar-refractivity contribution in [3.05, 3.63) is 97.1 Å². The van der Waals surface area contributed by atoms with Crippen molar-refractivity contribution in [3.63, 3.8) is 0 Å². The molecule has 39 heavy (non-hydrogen) atoms. The highest BCUT2D eigenvalue weighted by Crippen LogP contribution is 2.64. The molecule has 2 rings (SSSR count). The lowest BCUT2D eigenvalue weighted by atomic mass is 10.1. The Balaban J connectivity index is 2.48. The first kappa shape index (κ1) is 32.4. The molecule has 0 aliphatic carbocycles. The summed E-state index contributed by atoms with van der Waals surface area (Å²) in [5.41, 5.74) is 1.62. The molecule has 212 valence electrons. The molecule has 2 aromatic carbocycles. The summed E-state index contributed by atoms with van der Waals surface area (Å²) in [6.45, 7) is 10.0. The largest absolute Gasteiger partial charge is 0.468 e. The van der Waals surface area contributed by atoms with Gasteiger partial charge in [0.1, 0.15) is 12.1 Å². The maximum absolute atomic E-state index is 14.2. The Morgan fingerprint density at radius 3 is 1.36 bits per heavy atom. The van der Waals surface area contributed by atoms with E-state index in [9.17, 15) is 18.7 Å². The molecule has 0 heterocycles. The van der Waals surface area contributed by atoms with Crippen LogP contribution in [0.25, 0.3) is 0 Å². The van der Waals surface area contributed by atoms with Gasteiger partial charge in [-0.2, -0.15) is 0 Å². The molecule has 0 amide bonds. The third kappa shape index (κ3) is 9.13. The molecule has 0 aromatic heterocycles. The smallest absolute Gasteiger partial charge is 0.323 e. The van der Waals surface area contributed by atoms with Gasteiger partial charge in [0.25, 0.3) is 15.0 Å². The van der Waals surface area contributed by atoms with Crippen molar-refractivity contribution < 1.29 is 32.5 Å². The summed E-state index contributed by atoms with van der Waals surface area (Å²) >= 11 is 0. The normalized spacial score (nSPS) is 15.9. The summed E-state index contributed by atoms with van der Waals surface area (Å²) in [6, 6.07) is 16.3. The SMILES string of the molecule is C=CCN([C@@H](Cc1ccccc1)C(=O)OC)[P@@](C)(=O)O[P@](C)(=O)N(CC=C)[C@@H](Cc1ccccc1)C(=O)OC. The van der Waals surface area contributed by atoms with Gasteiger partial charge in [-0.25, -0.2) is 13.7 Å². The van der Waals surface area contributed by atoms with Crippen molar-refractivity contribution >= 4 is 27.0 Å². The third-order valence-corrected chi connectivity index (χ3v) is 11.3. The first-order valence-corrected chi connectivity index (χ1v) is 16.4. The van der Waals surface area contributed by atoms with E-state index in [1.807, 2.05) is 60.7 Å². The molecule has 0 saturated heterocycles. The molecule has 0 saturated carbocycles. The van der Waals surface area contributed by atoms with E-state index in [1.54, 1.807) is 0 Å². The predicted molar refractivity (Wildman–Crippen MR) is 154 cm³/mol. The van der Waals surface area contributed by atoms with Crippen LogP contribution in [0.5, 0.6) is 0 Å². The number of esters is 2. The van der Waals surface area contributed by atoms with E-state index in [2.05, 4.69) is 13.2 Å². The van der Waals surface area contributed by atoms with Crippen molar-refractivity contribution in [2.24, 2.45) is 0 Å². The third-order valence-electron chi connectivity index (χ3n) is 6.08. The Labute approximate surface area is 231 Å². The Morgan fingerprint density at radius 2 is 1.08 bits per heavy atom. The van der Waals surface area contributed by atoms with Crippen molar-refractivity contribution in [3.8, 4) is 0 Å². The zero-order valence-corrected chi connectivity index (χ0v) is 24.8. The maximum Gasteiger partial charge on any atom is 0.323 e. The molecular weight excluding hydrogens is 538 g/mol. The number of hydrogen-bond acceptors (Lipinski definition) is 7. The molecule has 4 atom stereocenters. The lowest BCUT2D eigenvalue weighted by Gasteiger charge is -2.38. The highest BCUT2D eigenvalue weighted by atomic mass is 31.2. The maximum atomic E-state index is 14.2. The van der Waals surface area contributed by atoms with Gasteiger partial charge in [-0.1, -0.05) is 72.8 Å². The highest BCUT2D eigenvalue weighted by molar-refractivity contribution is 7.69. The van der Waals surface area contributed by atoms with Crippen LogP contribution in [0, 0.1) is 0 Å². The molecule has 0 radical (unpaired) electrons. The number of nitrogens with zero attached hydrogens (tertiary/aromatic N) is 2. The van der Waals surface area contributed by atoms with Gasteiger partial charge in [0.2, 0.25) is 0 Å². The van der Waals surface area contributed by atoms with Crippen LogP contribution in [0.1, 0.15) is 11.1 Å². The Morgan fingerprint density at radius 1 is 0.744 bits per heavy atom. The molecular formula is C28H38N2O7P2. The zero-order chi connectivity index (χ0) is 29.1. The van der Waals surface area contributed by atoms with Crippen LogP contribution in [0.2, 0.25) is 0 Å². The molecule has 0 aliphatic heterocycles. The minimum atomic E-state index is -3.97. The van der Waals surface area contributed by atoms with Gasteiger partial charge in [0, 0.05) is 26.4 Å². The van der Waals surface area contributed by atoms with E-state index in [-0.39, 0.29) is 25.9 Å². The topological polar surface area (TPSA) is 102 Å². The van der Waals surface area contributed by atoms with Gasteiger partial charge in [-0.15, -0.1) is 13.2 Å². The zero-order valence-electron chi connectivity index (χ0n) is 23.0. The monoisotopic (exact) mass is 576 g/mol. The summed E-state index contributed by atoms with van der Waals surface area (Å²) in [6.07, 6.45) is 3.31. The Kier molecular flexibility index (Phi) is 12.6. The fourth-order valence-electron chi connectivity index (χ4n) is 4.26. The minimum Gasteiger partial charge on any atom is -0.468 e. The van der Waals surface area contributed by atoms with Crippen LogP contribution in [0.3, 0.4) is 0 Å². The van der Waals surface area contributed by atoms with Crippen molar-refractivity contribution in [1.82, 2.24) is 9.34 Å². The molecule has 0 bridgehead atoms. The quantitative estimate of drug-likeness (QED) is 0.152. The predicted octanol–water partition coefficient (Wildman–Crippen LogP) is 5.19. The minimum absolute atomic E-state index is 0.00766. The number of methoxy groups -OCH3 is 2. The van der Waals surface area contributed by atoms with Crippen LogP contribution in [-0.4, -0.2) is 74.0 Å². The Bertz CT molecular complexity index is 1110. The summed E-state index contributed by atoms with van der Waals surface area (Å²) in [7, 11) is -5.45. The van der Waals surface area contributed by atoms with E-state index in [4.69, 9.17) is 13.8 Å². The van der Waals surface area contributed by atoms with Crippen LogP contribution in [-0.2, 0) is 45.3 Å². The fourth-order valence-corrected chi connectivity index (χ4v) is 9.45. The summed E-state index contributed by atoms with van der Waals surface area (Å²) < 4.78 is 47.1. The Hall–Kier alpha value is -2.80. The summed E-state index contributed by atoms with van der Waals surface area (Å²) in [5.74, 6) is -1.26. The molecule has 11 heteroatoms. The van der Waals surface area contributed by atoms with Crippen LogP contribution in [0.4, 0.5) is 0 Å². The van der Waals surface area contributed by atoms with Gasteiger partial charge < -0.3 is 9.47 Å². The second kappa shape index (κ2) is 15.1. The molecule has 9 nitrogen and oxygen atoms in total. The standard InChI is InChI=1S/C28H38N2O7P2/c1-7-19-29(25(27(31)35-3)21-23-15-11-9-12-16-23)38(5,33)37-39(6,34)30(20-8-2)26(28(32)36-4)22-24-17-13-10-14-18-24/h7-18,25-26H,1-2,19-22H2,3-6H3/t25-,26-,38-,39-/m0/s1. The van der Waals surface area contributed by atoms with Crippen molar-refractivity contribution in [1.29, 1.82) is 0 Å². The number of benzene rings is 2. The van der Waals surface area contributed by atoms with Gasteiger partial charge in [-0.3, -0.25) is 18.7 Å². The average Bonchev–Trinajstić information content (AvgIpc) is 2.92. The van der Waals surface area contributed by atoms with E-state index < -0.39 is 39.1 Å². The van der Waals surface area contributed by atoms with Crippen molar-refractivity contribution in [2.75, 3.05) is 40.6 Å². The number of rotatable bonds is 16. The molecule has 0 spiro atoms. The first-order chi connectivity index (χ1) is 18.5. The van der Waals surface area contributed by atoms with E-state index in [0.717, 1.165) is 11.1 Å². The van der Waals surface area contributed by atoms with Gasteiger partial charge in [0.05, 0.1) is 14.2 Å². The molecule has 0 N–H and O–H groups in total. The fraction of sp³-hybridized carbons (Fsp3) is 0.357. The van der Waals surface area contributed by atoms with Gasteiger partial charge >= 0.3 is 11.9 Å². The summed E-state index contributed by atoms with van der Waals surface area (Å²) in [4.78, 5) is 25.8. The lowest BCUT2D eigenvalue weighted by molar-refractivity contribution is -0.145. The van der Waals surface area contributed by atoms with E-state index >= 15 is 0 Å². The second-order valence-corrected chi connectivity index (χ2v) is 13.9. The first-order valence-electron chi connectivity index (χ1n) is 12.4. The highest BCUT2D eigenvalue weighted by Gasteiger charge is 2.45. The van der Waals surface area contributed by atoms with Crippen LogP contribution < -0.4 is 0 Å². The summed E-state index contributed by atoms with van der Waals surface area (Å²) in [5, 5.41) is 0. The van der Waals surface area contributed by atoms with E-state index in [0.29, 0.717) is 0 Å². The second-order valence-electron chi connectivity index (χ2n) is 8.97. The number of carbonyl (C=O) groups excluding carboxylic acids is 2.